The highest BCUT2D eigenvalue weighted by Crippen LogP contribution is 2.27. The lowest BCUT2D eigenvalue weighted by Gasteiger charge is -2.13. The zero-order valence-corrected chi connectivity index (χ0v) is 18.4. The lowest BCUT2D eigenvalue weighted by atomic mass is 9.92. The predicted molar refractivity (Wildman–Crippen MR) is 126 cm³/mol. The number of benzene rings is 3. The average molecular weight is 375 g/mol. The molecule has 0 spiro atoms. The first-order valence-electron chi connectivity index (χ1n) is 11.5. The number of rotatable bonds is 10. The highest BCUT2D eigenvalue weighted by atomic mass is 14.1. The fraction of sp³-hybridized carbons (Fsp3) is 0.500. The Morgan fingerprint density at radius 1 is 0.571 bits per heavy atom. The van der Waals surface area contributed by atoms with Crippen molar-refractivity contribution in [1.82, 2.24) is 0 Å². The summed E-state index contributed by atoms with van der Waals surface area (Å²) in [7, 11) is 0. The van der Waals surface area contributed by atoms with Crippen LogP contribution in [0.15, 0.2) is 48.5 Å². The lowest BCUT2D eigenvalue weighted by Crippen LogP contribution is -2.00. The second-order valence-electron chi connectivity index (χ2n) is 9.12. The number of hydrogen-bond acceptors (Lipinski definition) is 0. The highest BCUT2D eigenvalue weighted by molar-refractivity contribution is 5.98. The van der Waals surface area contributed by atoms with Crippen molar-refractivity contribution in [3.8, 4) is 0 Å². The maximum atomic E-state index is 2.41. The molecule has 0 bridgehead atoms. The molecule has 0 aliphatic carbocycles. The summed E-state index contributed by atoms with van der Waals surface area (Å²) >= 11 is 0. The molecule has 28 heavy (non-hydrogen) atoms. The lowest BCUT2D eigenvalue weighted by molar-refractivity contribution is 0.504. The molecule has 3 aromatic rings. The van der Waals surface area contributed by atoms with Crippen molar-refractivity contribution in [2.75, 3.05) is 0 Å². The molecule has 0 heterocycles. The van der Waals surface area contributed by atoms with E-state index in [1.807, 2.05) is 0 Å². The van der Waals surface area contributed by atoms with Crippen LogP contribution in [-0.4, -0.2) is 0 Å². The first kappa shape index (κ1) is 20.9. The molecule has 0 saturated carbocycles. The first-order chi connectivity index (χ1) is 13.6. The molecule has 0 aliphatic heterocycles. The third-order valence-electron chi connectivity index (χ3n) is 6.19. The van der Waals surface area contributed by atoms with Crippen molar-refractivity contribution < 1.29 is 0 Å². The van der Waals surface area contributed by atoms with Gasteiger partial charge in [0.25, 0.3) is 0 Å². The molecule has 2 atom stereocenters. The van der Waals surface area contributed by atoms with Gasteiger partial charge in [-0.05, 0) is 69.5 Å². The van der Waals surface area contributed by atoms with Crippen molar-refractivity contribution >= 4 is 21.5 Å². The van der Waals surface area contributed by atoms with Gasteiger partial charge in [-0.25, -0.2) is 0 Å². The van der Waals surface area contributed by atoms with Crippen molar-refractivity contribution in [3.05, 3.63) is 59.7 Å². The highest BCUT2D eigenvalue weighted by Gasteiger charge is 2.07. The van der Waals surface area contributed by atoms with Gasteiger partial charge < -0.3 is 0 Å². The molecule has 0 amide bonds. The zero-order chi connectivity index (χ0) is 19.9. The Morgan fingerprint density at radius 2 is 1.00 bits per heavy atom. The van der Waals surface area contributed by atoms with Gasteiger partial charge in [0.15, 0.2) is 0 Å². The summed E-state index contributed by atoms with van der Waals surface area (Å²) in [6.45, 7) is 9.35. The molecule has 150 valence electrons. The topological polar surface area (TPSA) is 0 Å². The van der Waals surface area contributed by atoms with Gasteiger partial charge in [-0.3, -0.25) is 0 Å². The van der Waals surface area contributed by atoms with Gasteiger partial charge in [0.1, 0.15) is 0 Å². The Hall–Kier alpha value is -1.82. The monoisotopic (exact) mass is 374 g/mol. The SMILES string of the molecule is CCCCC(C)Cc1ccc2cc3cc(CC(C)CCCC)ccc3cc2c1. The van der Waals surface area contributed by atoms with E-state index in [2.05, 4.69) is 76.2 Å². The molecular weight excluding hydrogens is 336 g/mol. The van der Waals surface area contributed by atoms with Crippen LogP contribution in [0.2, 0.25) is 0 Å². The van der Waals surface area contributed by atoms with Crippen molar-refractivity contribution in [3.63, 3.8) is 0 Å². The molecular formula is C28H38. The smallest absolute Gasteiger partial charge is 0.0175 e. The second kappa shape index (κ2) is 10.1. The maximum Gasteiger partial charge on any atom is -0.0175 e. The largest absolute Gasteiger partial charge is 0.0654 e. The van der Waals surface area contributed by atoms with Crippen LogP contribution >= 0.6 is 0 Å². The number of unbranched alkanes of at least 4 members (excludes halogenated alkanes) is 2. The van der Waals surface area contributed by atoms with Gasteiger partial charge >= 0.3 is 0 Å². The average Bonchev–Trinajstić information content (AvgIpc) is 2.69. The van der Waals surface area contributed by atoms with E-state index >= 15 is 0 Å². The van der Waals surface area contributed by atoms with Crippen LogP contribution in [0.5, 0.6) is 0 Å². The van der Waals surface area contributed by atoms with Gasteiger partial charge in [0, 0.05) is 0 Å². The molecule has 0 fully saturated rings. The van der Waals surface area contributed by atoms with E-state index in [9.17, 15) is 0 Å². The minimum absolute atomic E-state index is 0.773. The second-order valence-corrected chi connectivity index (χ2v) is 9.12. The number of fused-ring (bicyclic) bond motifs is 2. The summed E-state index contributed by atoms with van der Waals surface area (Å²) in [5.41, 5.74) is 2.97. The van der Waals surface area contributed by atoms with Crippen molar-refractivity contribution in [1.29, 1.82) is 0 Å². The summed E-state index contributed by atoms with van der Waals surface area (Å²) in [5, 5.41) is 5.51. The van der Waals surface area contributed by atoms with Gasteiger partial charge in [-0.15, -0.1) is 0 Å². The summed E-state index contributed by atoms with van der Waals surface area (Å²) < 4.78 is 0. The van der Waals surface area contributed by atoms with E-state index in [1.165, 1.54) is 84.0 Å². The van der Waals surface area contributed by atoms with E-state index in [0.717, 1.165) is 11.8 Å². The van der Waals surface area contributed by atoms with Crippen LogP contribution in [0.1, 0.15) is 77.3 Å². The summed E-state index contributed by atoms with van der Waals surface area (Å²) in [4.78, 5) is 0. The maximum absolute atomic E-state index is 2.41. The van der Waals surface area contributed by atoms with E-state index < -0.39 is 0 Å². The normalized spacial score (nSPS) is 13.9. The van der Waals surface area contributed by atoms with E-state index in [0.29, 0.717) is 0 Å². The van der Waals surface area contributed by atoms with Gasteiger partial charge in [0.05, 0.1) is 0 Å². The molecule has 0 aliphatic rings. The molecule has 0 N–H and O–H groups in total. The van der Waals surface area contributed by atoms with Crippen LogP contribution in [0, 0.1) is 11.8 Å². The Morgan fingerprint density at radius 3 is 1.39 bits per heavy atom. The molecule has 0 aromatic heterocycles. The van der Waals surface area contributed by atoms with E-state index in [4.69, 9.17) is 0 Å². The van der Waals surface area contributed by atoms with Crippen molar-refractivity contribution in [2.24, 2.45) is 11.8 Å². The Bertz CT molecular complexity index is 814. The van der Waals surface area contributed by atoms with Crippen LogP contribution in [0.25, 0.3) is 21.5 Å². The molecule has 0 saturated heterocycles. The fourth-order valence-corrected chi connectivity index (χ4v) is 4.46. The van der Waals surface area contributed by atoms with Gasteiger partial charge in [0.2, 0.25) is 0 Å². The quantitative estimate of drug-likeness (QED) is 0.311. The van der Waals surface area contributed by atoms with Crippen LogP contribution in [-0.2, 0) is 12.8 Å². The van der Waals surface area contributed by atoms with Crippen LogP contribution in [0.3, 0.4) is 0 Å². The van der Waals surface area contributed by atoms with Crippen molar-refractivity contribution in [2.45, 2.75) is 79.1 Å². The molecule has 0 nitrogen and oxygen atoms in total. The van der Waals surface area contributed by atoms with Crippen LogP contribution < -0.4 is 0 Å². The van der Waals surface area contributed by atoms with Crippen LogP contribution in [0.4, 0.5) is 0 Å². The Balaban J connectivity index is 1.79. The van der Waals surface area contributed by atoms with Gasteiger partial charge in [-0.2, -0.15) is 0 Å². The molecule has 3 aromatic carbocycles. The van der Waals surface area contributed by atoms with E-state index in [1.54, 1.807) is 0 Å². The fourth-order valence-electron chi connectivity index (χ4n) is 4.46. The summed E-state index contributed by atoms with van der Waals surface area (Å²) in [5.74, 6) is 1.55. The Labute approximate surface area is 172 Å². The standard InChI is InChI=1S/C28H38/c1-5-7-9-21(3)15-23-11-13-25-20-28-18-24(16-22(4)10-8-6-2)12-14-26(28)19-27(25)17-23/h11-14,17-22H,5-10,15-16H2,1-4H3. The van der Waals surface area contributed by atoms with Gasteiger partial charge in [-0.1, -0.05) is 103 Å². The molecule has 3 rings (SSSR count). The molecule has 2 unspecified atom stereocenters. The third-order valence-corrected chi connectivity index (χ3v) is 6.19. The molecule has 0 heteroatoms. The predicted octanol–water partition coefficient (Wildman–Crippen LogP) is 8.73. The molecule has 0 radical (unpaired) electrons. The third kappa shape index (κ3) is 5.60. The Kier molecular flexibility index (Phi) is 7.54. The van der Waals surface area contributed by atoms with E-state index in [-0.39, 0.29) is 0 Å². The zero-order valence-electron chi connectivity index (χ0n) is 18.4. The summed E-state index contributed by atoms with van der Waals surface area (Å²) in [6, 6.07) is 18.9. The minimum Gasteiger partial charge on any atom is -0.0654 e. The first-order valence-corrected chi connectivity index (χ1v) is 11.5. The summed E-state index contributed by atoms with van der Waals surface area (Å²) in [6.07, 6.45) is 10.4. The minimum atomic E-state index is 0.773. The number of hydrogen-bond donors (Lipinski definition) is 0.